The molecule has 47 heavy (non-hydrogen) atoms. The topological polar surface area (TPSA) is 29.3 Å². The molecule has 0 saturated heterocycles. The van der Waals surface area contributed by atoms with E-state index in [1.54, 1.807) is 0 Å². The van der Waals surface area contributed by atoms with E-state index < -0.39 is 0 Å². The summed E-state index contributed by atoms with van der Waals surface area (Å²) in [5.74, 6) is 0. The van der Waals surface area contributed by atoms with Gasteiger partial charge in [0.2, 0.25) is 0 Å². The third kappa shape index (κ3) is 4.12. The van der Waals surface area contributed by atoms with Gasteiger partial charge in [-0.25, -0.2) is 4.98 Å². The Labute approximate surface area is 275 Å². The molecule has 220 valence electrons. The summed E-state index contributed by atoms with van der Waals surface area (Å²) in [6.07, 6.45) is 0. The van der Waals surface area contributed by atoms with E-state index in [9.17, 15) is 0 Å². The number of benzene rings is 7. The monoisotopic (exact) mass is 618 g/mol. The van der Waals surface area contributed by atoms with E-state index in [0.717, 1.165) is 71.7 Å². The minimum atomic E-state index is 0.880. The van der Waals surface area contributed by atoms with E-state index in [0.29, 0.717) is 0 Å². The maximum absolute atomic E-state index is 6.71. The number of nitrogens with zero attached hydrogens (tertiary/aromatic N) is 2. The predicted octanol–water partition coefficient (Wildman–Crippen LogP) is 12.6. The molecule has 1 aliphatic heterocycles. The summed E-state index contributed by atoms with van der Waals surface area (Å²) in [4.78, 5) is 10.0. The second-order valence-corrected chi connectivity index (χ2v) is 13.0. The van der Waals surface area contributed by atoms with Gasteiger partial charge >= 0.3 is 0 Å². The van der Waals surface area contributed by atoms with Crippen LogP contribution in [0, 0.1) is 0 Å². The molecule has 4 heteroatoms. The highest BCUT2D eigenvalue weighted by Crippen LogP contribution is 2.51. The van der Waals surface area contributed by atoms with Crippen LogP contribution in [0.1, 0.15) is 0 Å². The van der Waals surface area contributed by atoms with Crippen molar-refractivity contribution in [1.82, 2.24) is 4.98 Å². The van der Waals surface area contributed by atoms with Gasteiger partial charge in [0.05, 0.1) is 22.6 Å². The summed E-state index contributed by atoms with van der Waals surface area (Å²) in [5.41, 5.74) is 10.7. The number of aromatic nitrogens is 1. The Morgan fingerprint density at radius 3 is 2.00 bits per heavy atom. The molecular weight excluding hydrogens is 593 g/mol. The molecule has 0 bridgehead atoms. The van der Waals surface area contributed by atoms with Crippen molar-refractivity contribution in [3.05, 3.63) is 158 Å². The molecule has 0 spiro atoms. The first-order valence-electron chi connectivity index (χ1n) is 15.8. The summed E-state index contributed by atoms with van der Waals surface area (Å²) in [5, 5.41) is 5.51. The Morgan fingerprint density at radius 2 is 1.17 bits per heavy atom. The lowest BCUT2D eigenvalue weighted by molar-refractivity contribution is 0.673. The Kier molecular flexibility index (Phi) is 5.81. The quantitative estimate of drug-likeness (QED) is 0.184. The van der Waals surface area contributed by atoms with Crippen LogP contribution in [0.2, 0.25) is 0 Å². The van der Waals surface area contributed by atoms with Crippen molar-refractivity contribution in [2.24, 2.45) is 0 Å². The molecule has 10 rings (SSSR count). The fourth-order valence-electron chi connectivity index (χ4n) is 7.07. The third-order valence-electron chi connectivity index (χ3n) is 9.22. The maximum atomic E-state index is 6.71. The van der Waals surface area contributed by atoms with Crippen LogP contribution in [0.25, 0.3) is 66.0 Å². The molecule has 0 aliphatic carbocycles. The van der Waals surface area contributed by atoms with Crippen LogP contribution < -0.4 is 4.90 Å². The van der Waals surface area contributed by atoms with Crippen LogP contribution in [0.5, 0.6) is 0 Å². The first-order chi connectivity index (χ1) is 23.3. The van der Waals surface area contributed by atoms with Gasteiger partial charge in [-0.15, -0.1) is 0 Å². The Hall–Kier alpha value is -5.84. The molecule has 0 amide bonds. The lowest BCUT2D eigenvalue weighted by Gasteiger charge is -2.33. The highest BCUT2D eigenvalue weighted by Gasteiger charge is 2.24. The largest absolute Gasteiger partial charge is 0.455 e. The fourth-order valence-corrected chi connectivity index (χ4v) is 8.13. The van der Waals surface area contributed by atoms with Crippen LogP contribution in [-0.2, 0) is 0 Å². The number of fused-ring (bicyclic) bond motifs is 9. The Morgan fingerprint density at radius 1 is 0.489 bits per heavy atom. The van der Waals surface area contributed by atoms with E-state index >= 15 is 0 Å². The van der Waals surface area contributed by atoms with E-state index in [-0.39, 0.29) is 0 Å². The highest BCUT2D eigenvalue weighted by atomic mass is 32.2. The molecule has 7 aromatic carbocycles. The maximum Gasteiger partial charge on any atom is 0.144 e. The first kappa shape index (κ1) is 26.4. The summed E-state index contributed by atoms with van der Waals surface area (Å²) < 4.78 is 6.71. The van der Waals surface area contributed by atoms with Crippen molar-refractivity contribution in [1.29, 1.82) is 0 Å². The molecular formula is C43H26N2OS. The molecule has 9 aromatic rings. The van der Waals surface area contributed by atoms with E-state index in [2.05, 4.69) is 157 Å². The van der Waals surface area contributed by atoms with E-state index in [1.165, 1.54) is 21.2 Å². The molecule has 0 saturated carbocycles. The summed E-state index contributed by atoms with van der Waals surface area (Å²) in [7, 11) is 0. The van der Waals surface area contributed by atoms with Crippen molar-refractivity contribution < 1.29 is 4.42 Å². The normalized spacial score (nSPS) is 12.6. The molecule has 1 aliphatic rings. The summed E-state index contributed by atoms with van der Waals surface area (Å²) in [6, 6.07) is 55.9. The molecule has 0 radical (unpaired) electrons. The zero-order valence-corrected chi connectivity index (χ0v) is 26.0. The number of rotatable bonds is 3. The van der Waals surface area contributed by atoms with E-state index in [4.69, 9.17) is 9.40 Å². The molecule has 3 nitrogen and oxygen atoms in total. The average Bonchev–Trinajstić information content (AvgIpc) is 3.52. The summed E-state index contributed by atoms with van der Waals surface area (Å²) >= 11 is 1.83. The van der Waals surface area contributed by atoms with Crippen LogP contribution in [0.3, 0.4) is 0 Å². The standard InChI is InChI=1S/C43H26N2OS/c1-2-11-27(12-3-1)42-33-23-22-31-34-26-29(21-24-38(34)46-43(31)41(33)32-15-4-5-16-35(32)44-42)28-13-10-14-30(25-28)45-36-17-6-8-19-39(36)47-40-20-9-7-18-37(40)45/h1-26H. The number of anilines is 3. The Balaban J connectivity index is 1.15. The van der Waals surface area contributed by atoms with Gasteiger partial charge in [0.15, 0.2) is 0 Å². The zero-order chi connectivity index (χ0) is 30.9. The van der Waals surface area contributed by atoms with Gasteiger partial charge in [0.1, 0.15) is 11.2 Å². The van der Waals surface area contributed by atoms with Crippen LogP contribution >= 0.6 is 11.8 Å². The van der Waals surface area contributed by atoms with Gasteiger partial charge in [0.25, 0.3) is 0 Å². The second kappa shape index (κ2) is 10.3. The van der Waals surface area contributed by atoms with Gasteiger partial charge < -0.3 is 9.32 Å². The van der Waals surface area contributed by atoms with E-state index in [1.807, 2.05) is 17.8 Å². The fraction of sp³-hybridized carbons (Fsp3) is 0. The smallest absolute Gasteiger partial charge is 0.144 e. The third-order valence-corrected chi connectivity index (χ3v) is 10.3. The molecule has 3 heterocycles. The number of para-hydroxylation sites is 3. The van der Waals surface area contributed by atoms with Gasteiger partial charge in [-0.3, -0.25) is 0 Å². The lowest BCUT2D eigenvalue weighted by Crippen LogP contribution is -2.14. The number of hydrogen-bond acceptors (Lipinski definition) is 4. The highest BCUT2D eigenvalue weighted by molar-refractivity contribution is 7.99. The second-order valence-electron chi connectivity index (χ2n) is 11.9. The molecule has 0 unspecified atom stereocenters. The van der Waals surface area contributed by atoms with Crippen molar-refractivity contribution in [3.63, 3.8) is 0 Å². The van der Waals surface area contributed by atoms with Crippen molar-refractivity contribution in [2.75, 3.05) is 4.90 Å². The molecule has 0 fully saturated rings. The average molecular weight is 619 g/mol. The Bertz CT molecular complexity index is 2630. The molecule has 2 aromatic heterocycles. The van der Waals surface area contributed by atoms with Crippen LogP contribution in [0.4, 0.5) is 17.1 Å². The number of pyridine rings is 1. The SMILES string of the molecule is c1ccc(-c2nc3ccccc3c3c2ccc2c4cc(-c5cccc(N6c7ccccc7Sc7ccccc76)c5)ccc4oc23)cc1. The van der Waals surface area contributed by atoms with Crippen molar-refractivity contribution >= 4 is 72.4 Å². The van der Waals surface area contributed by atoms with Crippen molar-refractivity contribution in [3.8, 4) is 22.4 Å². The zero-order valence-electron chi connectivity index (χ0n) is 25.2. The van der Waals surface area contributed by atoms with Gasteiger partial charge in [0, 0.05) is 48.0 Å². The van der Waals surface area contributed by atoms with Crippen LogP contribution in [-0.4, -0.2) is 4.98 Å². The van der Waals surface area contributed by atoms with Gasteiger partial charge in [-0.05, 0) is 71.8 Å². The minimum absolute atomic E-state index is 0.880. The van der Waals surface area contributed by atoms with Crippen LogP contribution in [0.15, 0.2) is 172 Å². The number of hydrogen-bond donors (Lipinski definition) is 0. The number of furan rings is 1. The van der Waals surface area contributed by atoms with Gasteiger partial charge in [-0.1, -0.05) is 109 Å². The van der Waals surface area contributed by atoms with Gasteiger partial charge in [-0.2, -0.15) is 0 Å². The first-order valence-corrected chi connectivity index (χ1v) is 16.6. The van der Waals surface area contributed by atoms with Crippen molar-refractivity contribution in [2.45, 2.75) is 9.79 Å². The minimum Gasteiger partial charge on any atom is -0.455 e. The molecule has 0 N–H and O–H groups in total. The summed E-state index contributed by atoms with van der Waals surface area (Å²) in [6.45, 7) is 0. The lowest BCUT2D eigenvalue weighted by atomic mass is 9.97. The molecule has 0 atom stereocenters. The predicted molar refractivity (Wildman–Crippen MR) is 196 cm³/mol.